The summed E-state index contributed by atoms with van der Waals surface area (Å²) in [6, 6.07) is 6.29. The molecule has 1 aromatic carbocycles. The lowest BCUT2D eigenvalue weighted by Crippen LogP contribution is -2.20. The number of fused-ring (bicyclic) bond motifs is 1. The molecule has 2 aromatic heterocycles. The summed E-state index contributed by atoms with van der Waals surface area (Å²) >= 11 is 0. The van der Waals surface area contributed by atoms with E-state index in [-0.39, 0.29) is 28.7 Å². The van der Waals surface area contributed by atoms with Gasteiger partial charge in [0.15, 0.2) is 0 Å². The average molecular weight is 385 g/mol. The lowest BCUT2D eigenvalue weighted by Gasteiger charge is -2.16. The van der Waals surface area contributed by atoms with Gasteiger partial charge in [-0.1, -0.05) is 0 Å². The number of carbonyl (C=O) groups is 1. The molecule has 2 atom stereocenters. The monoisotopic (exact) mass is 385 g/mol. The number of aromatic nitrogens is 2. The largest absolute Gasteiger partial charge is 0.477 e. The number of hydrogen-bond donors (Lipinski definition) is 2. The van der Waals surface area contributed by atoms with Gasteiger partial charge in [-0.05, 0) is 49.6 Å². The van der Waals surface area contributed by atoms with Crippen molar-refractivity contribution in [2.45, 2.75) is 31.2 Å². The zero-order valence-corrected chi connectivity index (χ0v) is 14.7. The summed E-state index contributed by atoms with van der Waals surface area (Å²) in [6.45, 7) is 0. The van der Waals surface area contributed by atoms with Crippen LogP contribution < -0.4 is 11.2 Å². The number of nitrogens with zero attached hydrogens (tertiary/aromatic N) is 2. The van der Waals surface area contributed by atoms with Gasteiger partial charge in [0.1, 0.15) is 22.8 Å². The maximum absolute atomic E-state index is 14.7. The maximum Gasteiger partial charge on any atom is 0.341 e. The van der Waals surface area contributed by atoms with Crippen LogP contribution >= 0.6 is 0 Å². The first-order valence-corrected chi connectivity index (χ1v) is 8.85. The van der Waals surface area contributed by atoms with E-state index in [9.17, 15) is 23.5 Å². The van der Waals surface area contributed by atoms with E-state index in [2.05, 4.69) is 4.98 Å². The number of hydrogen-bond acceptors (Lipinski definition) is 4. The van der Waals surface area contributed by atoms with E-state index < -0.39 is 28.6 Å². The molecular formula is C20H17F2N3O3. The molecule has 2 heterocycles. The average Bonchev–Trinajstić information content (AvgIpc) is 3.09. The van der Waals surface area contributed by atoms with E-state index in [0.717, 1.165) is 18.7 Å². The quantitative estimate of drug-likeness (QED) is 0.722. The van der Waals surface area contributed by atoms with Gasteiger partial charge in [-0.2, -0.15) is 0 Å². The van der Waals surface area contributed by atoms with Crippen LogP contribution in [0.15, 0.2) is 41.3 Å². The van der Waals surface area contributed by atoms with E-state index in [1.165, 1.54) is 28.8 Å². The number of nitrogens with two attached hydrogens (primary N) is 1. The Labute approximate surface area is 158 Å². The summed E-state index contributed by atoms with van der Waals surface area (Å²) in [5.41, 5.74) is 5.33. The first-order valence-electron chi connectivity index (χ1n) is 8.85. The number of carboxylic acid groups (broad SMARTS) is 1. The minimum atomic E-state index is -1.44. The van der Waals surface area contributed by atoms with Crippen molar-refractivity contribution in [2.24, 2.45) is 5.73 Å². The molecule has 1 fully saturated rings. The predicted octanol–water partition coefficient (Wildman–Crippen LogP) is 2.96. The molecule has 1 aliphatic carbocycles. The van der Waals surface area contributed by atoms with Crippen molar-refractivity contribution in [3.63, 3.8) is 0 Å². The summed E-state index contributed by atoms with van der Waals surface area (Å²) < 4.78 is 29.4. The van der Waals surface area contributed by atoms with Gasteiger partial charge < -0.3 is 15.4 Å². The summed E-state index contributed by atoms with van der Waals surface area (Å²) in [4.78, 5) is 28.5. The van der Waals surface area contributed by atoms with Gasteiger partial charge >= 0.3 is 5.97 Å². The molecule has 8 heteroatoms. The molecule has 0 aliphatic heterocycles. The Morgan fingerprint density at radius 3 is 2.54 bits per heavy atom. The lowest BCUT2D eigenvalue weighted by atomic mass is 10.0. The third kappa shape index (κ3) is 3.05. The molecule has 6 nitrogen and oxygen atoms in total. The Morgan fingerprint density at radius 2 is 1.93 bits per heavy atom. The number of carboxylic acids is 1. The fourth-order valence-corrected chi connectivity index (χ4v) is 3.74. The van der Waals surface area contributed by atoms with Crippen LogP contribution in [-0.2, 0) is 0 Å². The second-order valence-corrected chi connectivity index (χ2v) is 7.02. The van der Waals surface area contributed by atoms with E-state index in [1.807, 2.05) is 0 Å². The molecule has 1 aliphatic rings. The minimum absolute atomic E-state index is 0.0319. The molecule has 4 rings (SSSR count). The smallest absolute Gasteiger partial charge is 0.341 e. The van der Waals surface area contributed by atoms with Crippen molar-refractivity contribution in [3.05, 3.63) is 69.6 Å². The van der Waals surface area contributed by atoms with Crippen LogP contribution in [0.25, 0.3) is 16.7 Å². The molecule has 28 heavy (non-hydrogen) atoms. The normalized spacial score (nSPS) is 19.2. The molecule has 2 unspecified atom stereocenters. The number of benzene rings is 1. The third-order valence-electron chi connectivity index (χ3n) is 5.15. The SMILES string of the molecule is NC1CCC(c2nc3c(cc2F)c(=O)c(C(=O)O)cn3-c2ccc(F)cc2)C1. The van der Waals surface area contributed by atoms with Crippen molar-refractivity contribution in [1.82, 2.24) is 9.55 Å². The zero-order valence-electron chi connectivity index (χ0n) is 14.7. The second-order valence-electron chi connectivity index (χ2n) is 7.02. The van der Waals surface area contributed by atoms with Gasteiger partial charge in [-0.25, -0.2) is 18.6 Å². The number of pyridine rings is 2. The van der Waals surface area contributed by atoms with E-state index in [1.54, 1.807) is 0 Å². The van der Waals surface area contributed by atoms with Crippen LogP contribution in [0.3, 0.4) is 0 Å². The molecular weight excluding hydrogens is 368 g/mol. The summed E-state index contributed by atoms with van der Waals surface area (Å²) in [6.07, 6.45) is 3.16. The number of halogens is 2. The number of rotatable bonds is 3. The lowest BCUT2D eigenvalue weighted by molar-refractivity contribution is 0.0695. The van der Waals surface area contributed by atoms with Crippen LogP contribution in [0.2, 0.25) is 0 Å². The van der Waals surface area contributed by atoms with Crippen molar-refractivity contribution in [1.29, 1.82) is 0 Å². The molecule has 0 saturated heterocycles. The van der Waals surface area contributed by atoms with Crippen LogP contribution in [0, 0.1) is 11.6 Å². The molecule has 3 aromatic rings. The first-order chi connectivity index (χ1) is 13.3. The van der Waals surface area contributed by atoms with E-state index in [0.29, 0.717) is 18.5 Å². The topological polar surface area (TPSA) is 98.2 Å². The third-order valence-corrected chi connectivity index (χ3v) is 5.15. The Kier molecular flexibility index (Phi) is 4.43. The van der Waals surface area contributed by atoms with Crippen molar-refractivity contribution in [3.8, 4) is 5.69 Å². The molecule has 1 saturated carbocycles. The van der Waals surface area contributed by atoms with Crippen LogP contribution in [-0.4, -0.2) is 26.7 Å². The van der Waals surface area contributed by atoms with Crippen molar-refractivity contribution < 1.29 is 18.7 Å². The Balaban J connectivity index is 2.02. The van der Waals surface area contributed by atoms with Crippen molar-refractivity contribution in [2.75, 3.05) is 0 Å². The van der Waals surface area contributed by atoms with Gasteiger partial charge in [0.2, 0.25) is 5.43 Å². The maximum atomic E-state index is 14.7. The second kappa shape index (κ2) is 6.79. The van der Waals surface area contributed by atoms with Gasteiger partial charge in [-0.15, -0.1) is 0 Å². The van der Waals surface area contributed by atoms with Crippen LogP contribution in [0.4, 0.5) is 8.78 Å². The highest BCUT2D eigenvalue weighted by atomic mass is 19.1. The number of aromatic carboxylic acids is 1. The van der Waals surface area contributed by atoms with Gasteiger partial charge in [0.25, 0.3) is 0 Å². The molecule has 0 spiro atoms. The molecule has 0 amide bonds. The Bertz CT molecular complexity index is 1140. The van der Waals surface area contributed by atoms with E-state index in [4.69, 9.17) is 5.73 Å². The summed E-state index contributed by atoms with van der Waals surface area (Å²) in [5.74, 6) is -2.73. The van der Waals surface area contributed by atoms with Gasteiger partial charge in [0.05, 0.1) is 11.1 Å². The molecule has 0 bridgehead atoms. The fraction of sp³-hybridized carbons (Fsp3) is 0.250. The first kappa shape index (κ1) is 18.2. The van der Waals surface area contributed by atoms with Crippen LogP contribution in [0.1, 0.15) is 41.2 Å². The molecule has 0 radical (unpaired) electrons. The predicted molar refractivity (Wildman–Crippen MR) is 98.8 cm³/mol. The highest BCUT2D eigenvalue weighted by Crippen LogP contribution is 2.34. The summed E-state index contributed by atoms with van der Waals surface area (Å²) in [5, 5.41) is 9.22. The van der Waals surface area contributed by atoms with Gasteiger partial charge in [-0.3, -0.25) is 4.79 Å². The van der Waals surface area contributed by atoms with E-state index >= 15 is 0 Å². The highest BCUT2D eigenvalue weighted by molar-refractivity contribution is 5.92. The standard InChI is InChI=1S/C20H17F2N3O3/c21-11-2-5-13(6-3-11)25-9-15(20(27)28)18(26)14-8-16(22)17(24-19(14)25)10-1-4-12(23)7-10/h2-3,5-6,8-10,12H,1,4,7,23H2,(H,27,28). The highest BCUT2D eigenvalue weighted by Gasteiger charge is 2.28. The van der Waals surface area contributed by atoms with Gasteiger partial charge in [0, 0.05) is 23.8 Å². The Morgan fingerprint density at radius 1 is 1.21 bits per heavy atom. The fourth-order valence-electron chi connectivity index (χ4n) is 3.74. The van der Waals surface area contributed by atoms with Crippen molar-refractivity contribution >= 4 is 17.0 Å². The Hall–Kier alpha value is -3.13. The zero-order chi connectivity index (χ0) is 20.0. The van der Waals surface area contributed by atoms with Crippen LogP contribution in [0.5, 0.6) is 0 Å². The summed E-state index contributed by atoms with van der Waals surface area (Å²) in [7, 11) is 0. The molecule has 3 N–H and O–H groups in total. The molecule has 144 valence electrons. The minimum Gasteiger partial charge on any atom is -0.477 e.